The van der Waals surface area contributed by atoms with Crippen molar-refractivity contribution < 1.29 is 9.53 Å². The number of nitrogens with zero attached hydrogens (tertiary/aromatic N) is 2. The minimum Gasteiger partial charge on any atom is -0.493 e. The van der Waals surface area contributed by atoms with E-state index in [1.54, 1.807) is 19.3 Å². The summed E-state index contributed by atoms with van der Waals surface area (Å²) >= 11 is 5.83. The number of imidazole rings is 1. The molecule has 2 aromatic heterocycles. The van der Waals surface area contributed by atoms with Gasteiger partial charge < -0.3 is 9.72 Å². The molecule has 0 aliphatic rings. The van der Waals surface area contributed by atoms with Crippen molar-refractivity contribution in [1.82, 2.24) is 15.0 Å². The Morgan fingerprint density at radius 1 is 1.15 bits per heavy atom. The van der Waals surface area contributed by atoms with Crippen LogP contribution in [-0.4, -0.2) is 27.3 Å². The molecule has 3 rings (SSSR count). The van der Waals surface area contributed by atoms with Crippen LogP contribution in [0.15, 0.2) is 48.8 Å². The number of halogens is 1. The lowest BCUT2D eigenvalue weighted by molar-refractivity contribution is -0.126. The highest BCUT2D eigenvalue weighted by molar-refractivity contribution is 6.29. The number of carbonyl (C=O) groups is 1. The van der Waals surface area contributed by atoms with Gasteiger partial charge in [-0.1, -0.05) is 11.6 Å². The van der Waals surface area contributed by atoms with Gasteiger partial charge in [-0.3, -0.25) is 9.78 Å². The van der Waals surface area contributed by atoms with Crippen LogP contribution in [-0.2, 0) is 4.79 Å². The van der Waals surface area contributed by atoms with Crippen molar-refractivity contribution in [2.24, 2.45) is 5.41 Å². The van der Waals surface area contributed by atoms with Gasteiger partial charge in [-0.05, 0) is 57.2 Å². The van der Waals surface area contributed by atoms with E-state index in [4.69, 9.17) is 16.3 Å². The van der Waals surface area contributed by atoms with Crippen LogP contribution in [0.3, 0.4) is 0 Å². The molecule has 0 saturated heterocycles. The van der Waals surface area contributed by atoms with Crippen molar-refractivity contribution >= 4 is 17.4 Å². The van der Waals surface area contributed by atoms with Gasteiger partial charge in [0.15, 0.2) is 0 Å². The first-order chi connectivity index (χ1) is 12.3. The maximum Gasteiger partial charge on any atom is 0.147 e. The summed E-state index contributed by atoms with van der Waals surface area (Å²) in [6.07, 6.45) is 3.39. The summed E-state index contributed by atoms with van der Waals surface area (Å²) in [5.74, 6) is 1.52. The number of Topliss-reactive ketones (excluding diaryl/α,β-unsaturated/α-hetero) is 1. The van der Waals surface area contributed by atoms with E-state index < -0.39 is 5.41 Å². The Labute approximate surface area is 157 Å². The Morgan fingerprint density at radius 3 is 2.38 bits per heavy atom. The fourth-order valence-electron chi connectivity index (χ4n) is 2.24. The van der Waals surface area contributed by atoms with Crippen molar-refractivity contribution in [1.29, 1.82) is 0 Å². The first-order valence-electron chi connectivity index (χ1n) is 8.27. The smallest absolute Gasteiger partial charge is 0.147 e. The molecular weight excluding hydrogens is 350 g/mol. The topological polar surface area (TPSA) is 67.9 Å². The summed E-state index contributed by atoms with van der Waals surface area (Å²) in [6.45, 7) is 5.68. The van der Waals surface area contributed by atoms with E-state index in [-0.39, 0.29) is 5.78 Å². The Morgan fingerprint density at radius 2 is 1.85 bits per heavy atom. The summed E-state index contributed by atoms with van der Waals surface area (Å²) < 4.78 is 5.74. The predicted molar refractivity (Wildman–Crippen MR) is 102 cm³/mol. The number of aromatic nitrogens is 3. The number of benzene rings is 1. The monoisotopic (exact) mass is 369 g/mol. The zero-order valence-corrected chi connectivity index (χ0v) is 15.7. The van der Waals surface area contributed by atoms with Gasteiger partial charge in [0, 0.05) is 23.5 Å². The highest BCUT2D eigenvalue weighted by atomic mass is 35.5. The fourth-order valence-corrected chi connectivity index (χ4v) is 2.38. The van der Waals surface area contributed by atoms with E-state index >= 15 is 0 Å². The number of ketones is 1. The molecule has 1 aromatic carbocycles. The fraction of sp³-hybridized carbons (Fsp3) is 0.250. The van der Waals surface area contributed by atoms with Crippen LogP contribution >= 0.6 is 11.6 Å². The van der Waals surface area contributed by atoms with Crippen molar-refractivity contribution in [2.75, 3.05) is 6.61 Å². The average molecular weight is 370 g/mol. The molecule has 0 aliphatic carbocycles. The predicted octanol–water partition coefficient (Wildman–Crippen LogP) is 4.79. The minimum absolute atomic E-state index is 0.108. The van der Waals surface area contributed by atoms with E-state index in [0.29, 0.717) is 17.6 Å². The number of carbonyl (C=O) groups excluding carboxylic acids is 1. The SMILES string of the molecule is CC(=O)C(C)(C)COc1ccc(-c2ccc(-c3nc(Cl)c[nH]3)cn2)cc1. The van der Waals surface area contributed by atoms with Crippen LogP contribution in [0.4, 0.5) is 0 Å². The minimum atomic E-state index is -0.495. The molecule has 5 nitrogen and oxygen atoms in total. The molecular formula is C20H20ClN3O2. The number of nitrogens with one attached hydrogen (secondary N) is 1. The van der Waals surface area contributed by atoms with E-state index in [1.165, 1.54) is 0 Å². The average Bonchev–Trinajstić information content (AvgIpc) is 3.07. The molecule has 134 valence electrons. The lowest BCUT2D eigenvalue weighted by atomic mass is 9.90. The zero-order valence-electron chi connectivity index (χ0n) is 14.9. The standard InChI is InChI=1S/C20H20ClN3O2/c1-13(25)20(2,3)12-26-16-7-4-14(5-8-16)17-9-6-15(10-22-17)19-23-11-18(21)24-19/h4-11H,12H2,1-3H3,(H,23,24). The number of rotatable bonds is 6. The second-order valence-electron chi connectivity index (χ2n) is 6.76. The maximum absolute atomic E-state index is 11.6. The van der Waals surface area contributed by atoms with Gasteiger partial charge in [-0.2, -0.15) is 0 Å². The van der Waals surface area contributed by atoms with E-state index in [1.807, 2.05) is 50.2 Å². The molecule has 0 aliphatic heterocycles. The third-order valence-electron chi connectivity index (χ3n) is 4.29. The number of ether oxygens (including phenoxy) is 1. The summed E-state index contributed by atoms with van der Waals surface area (Å²) in [5.41, 5.74) is 2.20. The van der Waals surface area contributed by atoms with Crippen LogP contribution in [0.25, 0.3) is 22.6 Å². The second kappa shape index (κ2) is 7.30. The molecule has 0 radical (unpaired) electrons. The van der Waals surface area contributed by atoms with Gasteiger partial charge in [0.05, 0.1) is 11.1 Å². The van der Waals surface area contributed by atoms with E-state index in [0.717, 1.165) is 22.6 Å². The first kappa shape index (κ1) is 18.1. The number of H-pyrrole nitrogens is 1. The molecule has 0 saturated carbocycles. The Kier molecular flexibility index (Phi) is 5.09. The Hall–Kier alpha value is -2.66. The Bertz CT molecular complexity index is 900. The van der Waals surface area contributed by atoms with Crippen molar-refractivity contribution in [3.63, 3.8) is 0 Å². The molecule has 26 heavy (non-hydrogen) atoms. The van der Waals surface area contributed by atoms with Gasteiger partial charge >= 0.3 is 0 Å². The van der Waals surface area contributed by atoms with Crippen LogP contribution < -0.4 is 4.74 Å². The lowest BCUT2D eigenvalue weighted by Gasteiger charge is -2.21. The number of hydrogen-bond acceptors (Lipinski definition) is 4. The maximum atomic E-state index is 11.6. The molecule has 0 atom stereocenters. The highest BCUT2D eigenvalue weighted by Gasteiger charge is 2.24. The molecule has 0 amide bonds. The molecule has 1 N–H and O–H groups in total. The van der Waals surface area contributed by atoms with Gasteiger partial charge in [0.2, 0.25) is 0 Å². The van der Waals surface area contributed by atoms with Gasteiger partial charge in [-0.25, -0.2) is 4.98 Å². The lowest BCUT2D eigenvalue weighted by Crippen LogP contribution is -2.28. The Balaban J connectivity index is 1.69. The molecule has 0 bridgehead atoms. The molecule has 2 heterocycles. The number of pyridine rings is 1. The molecule has 3 aromatic rings. The van der Waals surface area contributed by atoms with Crippen LogP contribution in [0.5, 0.6) is 5.75 Å². The van der Waals surface area contributed by atoms with E-state index in [2.05, 4.69) is 15.0 Å². The summed E-state index contributed by atoms with van der Waals surface area (Å²) in [6, 6.07) is 11.5. The summed E-state index contributed by atoms with van der Waals surface area (Å²) in [5, 5.41) is 0.424. The third-order valence-corrected chi connectivity index (χ3v) is 4.48. The van der Waals surface area contributed by atoms with Gasteiger partial charge in [0.1, 0.15) is 29.1 Å². The van der Waals surface area contributed by atoms with Gasteiger partial charge in [-0.15, -0.1) is 0 Å². The highest BCUT2D eigenvalue weighted by Crippen LogP contribution is 2.25. The van der Waals surface area contributed by atoms with Crippen LogP contribution in [0.1, 0.15) is 20.8 Å². The van der Waals surface area contributed by atoms with Gasteiger partial charge in [0.25, 0.3) is 0 Å². The first-order valence-corrected chi connectivity index (χ1v) is 8.64. The quantitative estimate of drug-likeness (QED) is 0.678. The molecule has 0 spiro atoms. The molecule has 6 heteroatoms. The zero-order chi connectivity index (χ0) is 18.7. The summed E-state index contributed by atoms with van der Waals surface area (Å²) in [4.78, 5) is 23.2. The molecule has 0 fully saturated rings. The van der Waals surface area contributed by atoms with Crippen LogP contribution in [0.2, 0.25) is 5.15 Å². The summed E-state index contributed by atoms with van der Waals surface area (Å²) in [7, 11) is 0. The number of aromatic amines is 1. The van der Waals surface area contributed by atoms with E-state index in [9.17, 15) is 4.79 Å². The second-order valence-corrected chi connectivity index (χ2v) is 7.14. The number of hydrogen-bond donors (Lipinski definition) is 1. The molecule has 0 unspecified atom stereocenters. The van der Waals surface area contributed by atoms with Crippen LogP contribution in [0, 0.1) is 5.41 Å². The van der Waals surface area contributed by atoms with Crippen molar-refractivity contribution in [3.8, 4) is 28.4 Å². The normalized spacial score (nSPS) is 11.4. The third kappa shape index (κ3) is 4.11. The van der Waals surface area contributed by atoms with Crippen molar-refractivity contribution in [2.45, 2.75) is 20.8 Å². The largest absolute Gasteiger partial charge is 0.493 e. The van der Waals surface area contributed by atoms with Crippen molar-refractivity contribution in [3.05, 3.63) is 53.9 Å².